The summed E-state index contributed by atoms with van der Waals surface area (Å²) >= 11 is 3.11. The van der Waals surface area contributed by atoms with E-state index in [2.05, 4.69) is 32.7 Å². The van der Waals surface area contributed by atoms with E-state index in [1.54, 1.807) is 59.1 Å². The van der Waals surface area contributed by atoms with E-state index >= 15 is 0 Å². The number of fused-ring (bicyclic) bond motifs is 2. The van der Waals surface area contributed by atoms with Gasteiger partial charge in [0.25, 0.3) is 0 Å². The van der Waals surface area contributed by atoms with Gasteiger partial charge in [0.1, 0.15) is 35.2 Å². The van der Waals surface area contributed by atoms with Crippen molar-refractivity contribution in [1.82, 2.24) is 40.4 Å². The van der Waals surface area contributed by atoms with Crippen LogP contribution < -0.4 is 20.1 Å². The number of carbonyl (C=O) groups excluding carboxylic acids is 4. The molecule has 0 unspecified atom stereocenters. The van der Waals surface area contributed by atoms with E-state index in [1.165, 1.54) is 14.2 Å². The fourth-order valence-electron chi connectivity index (χ4n) is 7.80. The number of H-pyrrole nitrogens is 2. The van der Waals surface area contributed by atoms with Crippen molar-refractivity contribution < 1.29 is 38.1 Å². The second-order valence-corrected chi connectivity index (χ2v) is 17.2. The summed E-state index contributed by atoms with van der Waals surface area (Å²) in [5.74, 6) is 2.08. The fourth-order valence-corrected chi connectivity index (χ4v) is 10.1. The number of methoxy groups -OCH3 is 4. The molecule has 0 bridgehead atoms. The normalized spacial score (nSPS) is 15.7. The first-order valence-electron chi connectivity index (χ1n) is 19.8. The number of aromatic nitrogens is 4. The largest absolute Gasteiger partial charge is 0.495 e. The fraction of sp³-hybridized carbons (Fsp3) is 0.512. The van der Waals surface area contributed by atoms with Crippen molar-refractivity contribution in [3.63, 3.8) is 0 Å². The molecule has 4 atom stereocenters. The van der Waals surface area contributed by atoms with Gasteiger partial charge in [-0.25, -0.2) is 19.6 Å². The Morgan fingerprint density at radius 2 is 1.37 bits per heavy atom. The summed E-state index contributed by atoms with van der Waals surface area (Å²) in [6.07, 6.45) is 4.43. The van der Waals surface area contributed by atoms with Gasteiger partial charge in [-0.2, -0.15) is 0 Å². The standard InChI is InChI=1S/C41H54N8O8S2/c1-11-26(48(12-2)38(50)30(20(3)4)46-40(52)56-9)36-42-18-24(44-36)28-16-22-32(54-7)35-23(33(55-8)34(22)58-28)17-29(59-35)25-19-43-37(45-25)27-14-13-15-49(27)39(51)31(21(5)6)47-41(53)57-10/h16-21,26-27,30-31H,11-15H2,1-10H3,(H,42,44)(H,43,45)(H,46,52)(H,47,53)/t26-,27-,30-,31-/m0/s1. The van der Waals surface area contributed by atoms with Gasteiger partial charge in [-0.05, 0) is 50.2 Å². The Morgan fingerprint density at radius 1 is 0.831 bits per heavy atom. The lowest BCUT2D eigenvalue weighted by atomic mass is 10.0. The highest BCUT2D eigenvalue weighted by Crippen LogP contribution is 2.52. The van der Waals surface area contributed by atoms with Gasteiger partial charge in [0.05, 0.1) is 83.5 Å². The average molecular weight is 851 g/mol. The van der Waals surface area contributed by atoms with Gasteiger partial charge in [0.15, 0.2) is 0 Å². The third-order valence-electron chi connectivity index (χ3n) is 10.8. The molecule has 1 fully saturated rings. The lowest BCUT2D eigenvalue weighted by Crippen LogP contribution is -2.52. The summed E-state index contributed by atoms with van der Waals surface area (Å²) in [4.78, 5) is 73.5. The van der Waals surface area contributed by atoms with Crippen LogP contribution in [0.3, 0.4) is 0 Å². The maximum absolute atomic E-state index is 13.8. The van der Waals surface area contributed by atoms with Crippen LogP contribution in [-0.4, -0.2) is 107 Å². The zero-order valence-corrected chi connectivity index (χ0v) is 36.8. The Labute approximate surface area is 351 Å². The second-order valence-electron chi connectivity index (χ2n) is 15.1. The Balaban J connectivity index is 1.30. The molecule has 16 nitrogen and oxygen atoms in total. The van der Waals surface area contributed by atoms with Crippen molar-refractivity contribution in [2.75, 3.05) is 41.5 Å². The molecule has 4 aromatic heterocycles. The summed E-state index contributed by atoms with van der Waals surface area (Å²) in [5.41, 5.74) is 1.59. The number of aromatic amines is 2. The highest BCUT2D eigenvalue weighted by Gasteiger charge is 2.38. The number of likely N-dealkylation sites (tertiary alicyclic amines) is 1. The molecule has 4 N–H and O–H groups in total. The number of ether oxygens (including phenoxy) is 4. The van der Waals surface area contributed by atoms with E-state index in [0.29, 0.717) is 42.7 Å². The van der Waals surface area contributed by atoms with Crippen LogP contribution in [0.5, 0.6) is 11.5 Å². The number of imidazole rings is 2. The van der Waals surface area contributed by atoms with Gasteiger partial charge >= 0.3 is 12.2 Å². The zero-order valence-electron chi connectivity index (χ0n) is 35.2. The molecule has 1 aliphatic heterocycles. The monoisotopic (exact) mass is 850 g/mol. The molecule has 5 aromatic rings. The summed E-state index contributed by atoms with van der Waals surface area (Å²) < 4.78 is 23.6. The van der Waals surface area contributed by atoms with Crippen molar-refractivity contribution >= 4 is 66.8 Å². The van der Waals surface area contributed by atoms with Crippen LogP contribution in [0.15, 0.2) is 24.5 Å². The Kier molecular flexibility index (Phi) is 13.4. The first-order valence-corrected chi connectivity index (χ1v) is 21.4. The van der Waals surface area contributed by atoms with Crippen LogP contribution in [0.4, 0.5) is 9.59 Å². The number of amides is 4. The van der Waals surface area contributed by atoms with E-state index in [0.717, 1.165) is 54.2 Å². The lowest BCUT2D eigenvalue weighted by Gasteiger charge is -2.33. The molecule has 1 aliphatic rings. The van der Waals surface area contributed by atoms with Crippen LogP contribution >= 0.6 is 22.7 Å². The third kappa shape index (κ3) is 8.42. The maximum Gasteiger partial charge on any atom is 0.407 e. The minimum atomic E-state index is -0.757. The van der Waals surface area contributed by atoms with Crippen molar-refractivity contribution in [2.45, 2.75) is 85.0 Å². The number of rotatable bonds is 15. The smallest absolute Gasteiger partial charge is 0.407 e. The summed E-state index contributed by atoms with van der Waals surface area (Å²) in [7, 11) is 5.88. The molecule has 0 spiro atoms. The molecule has 0 saturated carbocycles. The summed E-state index contributed by atoms with van der Waals surface area (Å²) in [6, 6.07) is 2.04. The molecule has 1 saturated heterocycles. The van der Waals surface area contributed by atoms with Crippen LogP contribution in [0, 0.1) is 11.8 Å². The Hall–Kier alpha value is -5.36. The van der Waals surface area contributed by atoms with Gasteiger partial charge in [-0.1, -0.05) is 34.6 Å². The number of nitrogens with zero attached hydrogens (tertiary/aromatic N) is 4. The van der Waals surface area contributed by atoms with Crippen molar-refractivity contribution in [2.24, 2.45) is 11.8 Å². The van der Waals surface area contributed by atoms with Crippen LogP contribution in [0.2, 0.25) is 0 Å². The van der Waals surface area contributed by atoms with Crippen molar-refractivity contribution in [3.8, 4) is 32.6 Å². The number of nitrogens with one attached hydrogen (secondary N) is 4. The van der Waals surface area contributed by atoms with Gasteiger partial charge in [0, 0.05) is 23.9 Å². The molecule has 1 aromatic carbocycles. The molecule has 0 radical (unpaired) electrons. The number of carbonyl (C=O) groups is 4. The SMILES string of the molecule is CC[C@@H](c1ncc(-c2cc3c(OC)c4sc(-c5cnc([C@@H]6CCCN6C(=O)[C@@H](NC(=O)OC)C(C)C)[nH]5)cc4c(OC)c3s2)[nH]1)N(CC)C(=O)[C@@H](NC(=O)OC)C(C)C. The van der Waals surface area contributed by atoms with Gasteiger partial charge < -0.3 is 49.3 Å². The highest BCUT2D eigenvalue weighted by molar-refractivity contribution is 7.24. The highest BCUT2D eigenvalue weighted by atomic mass is 32.1. The van der Waals surface area contributed by atoms with E-state index < -0.39 is 24.3 Å². The van der Waals surface area contributed by atoms with Gasteiger partial charge in [-0.3, -0.25) is 9.59 Å². The molecular weight excluding hydrogens is 797 g/mol. The molecule has 18 heteroatoms. The molecule has 4 amide bonds. The second kappa shape index (κ2) is 18.3. The summed E-state index contributed by atoms with van der Waals surface area (Å²) in [5, 5.41) is 7.18. The van der Waals surface area contributed by atoms with Crippen molar-refractivity contribution in [3.05, 3.63) is 36.2 Å². The quantitative estimate of drug-likeness (QED) is 0.0814. The topological polar surface area (TPSA) is 193 Å². The summed E-state index contributed by atoms with van der Waals surface area (Å²) in [6.45, 7) is 12.4. The van der Waals surface area contributed by atoms with E-state index in [-0.39, 0.29) is 35.7 Å². The number of alkyl carbamates (subject to hydrolysis) is 2. The van der Waals surface area contributed by atoms with E-state index in [1.807, 2.05) is 41.5 Å². The van der Waals surface area contributed by atoms with Crippen molar-refractivity contribution in [1.29, 1.82) is 0 Å². The molecule has 5 heterocycles. The van der Waals surface area contributed by atoms with Gasteiger partial charge in [0.2, 0.25) is 11.8 Å². The van der Waals surface area contributed by atoms with Crippen LogP contribution in [0.25, 0.3) is 41.3 Å². The zero-order chi connectivity index (χ0) is 42.7. The molecule has 59 heavy (non-hydrogen) atoms. The predicted octanol–water partition coefficient (Wildman–Crippen LogP) is 7.64. The van der Waals surface area contributed by atoms with E-state index in [4.69, 9.17) is 28.9 Å². The number of benzene rings is 1. The molecular formula is C41H54N8O8S2. The Bertz CT molecular complexity index is 2250. The minimum Gasteiger partial charge on any atom is -0.495 e. The number of likely N-dealkylation sites (N-methyl/N-ethyl adjacent to an activating group) is 1. The first-order chi connectivity index (χ1) is 28.3. The third-order valence-corrected chi connectivity index (χ3v) is 13.2. The predicted molar refractivity (Wildman–Crippen MR) is 228 cm³/mol. The molecule has 318 valence electrons. The van der Waals surface area contributed by atoms with Crippen LogP contribution in [-0.2, 0) is 19.1 Å². The maximum atomic E-state index is 13.8. The molecule has 6 rings (SSSR count). The Morgan fingerprint density at radius 3 is 1.88 bits per heavy atom. The number of hydrogen-bond donors (Lipinski definition) is 4. The van der Waals surface area contributed by atoms with Gasteiger partial charge in [-0.15, -0.1) is 22.7 Å². The first kappa shape index (κ1) is 43.2. The van der Waals surface area contributed by atoms with Crippen LogP contribution in [0.1, 0.15) is 84.5 Å². The minimum absolute atomic E-state index is 0.134. The lowest BCUT2D eigenvalue weighted by molar-refractivity contribution is -0.137. The number of thiophene rings is 2. The average Bonchev–Trinajstić information content (AvgIpc) is 4.08. The number of hydrogen-bond acceptors (Lipinski definition) is 12. The van der Waals surface area contributed by atoms with E-state index in [9.17, 15) is 19.2 Å². The molecule has 0 aliphatic carbocycles.